The van der Waals surface area contributed by atoms with Crippen LogP contribution < -0.4 is 19.1 Å². The minimum absolute atomic E-state index is 0.0124. The lowest BCUT2D eigenvalue weighted by Crippen LogP contribution is -2.29. The summed E-state index contributed by atoms with van der Waals surface area (Å²) in [6, 6.07) is 17.2. The number of amides is 1. The molecule has 0 aliphatic carbocycles. The Hall–Kier alpha value is -4.37. The molecule has 1 saturated heterocycles. The van der Waals surface area contributed by atoms with Crippen molar-refractivity contribution in [3.63, 3.8) is 0 Å². The van der Waals surface area contributed by atoms with Gasteiger partial charge in [0.2, 0.25) is 0 Å². The number of aromatic nitrogens is 1. The lowest BCUT2D eigenvalue weighted by atomic mass is 9.94. The normalized spacial score (nSPS) is 19.4. The lowest BCUT2D eigenvalue weighted by Gasteiger charge is -2.23. The van der Waals surface area contributed by atoms with Gasteiger partial charge in [-0.2, -0.15) is 0 Å². The smallest absolute Gasteiger partial charge is 0.301 e. The Labute approximate surface area is 241 Å². The van der Waals surface area contributed by atoms with Gasteiger partial charge in [-0.25, -0.2) is 4.98 Å². The first-order valence-electron chi connectivity index (χ1n) is 13.7. The van der Waals surface area contributed by atoms with Crippen LogP contribution in [0.3, 0.4) is 0 Å². The van der Waals surface area contributed by atoms with E-state index in [1.54, 1.807) is 25.3 Å². The van der Waals surface area contributed by atoms with Gasteiger partial charge < -0.3 is 19.3 Å². The summed E-state index contributed by atoms with van der Waals surface area (Å²) in [5.41, 5.74) is 2.75. The zero-order valence-electron chi connectivity index (χ0n) is 23.0. The number of hydrogen-bond donors (Lipinski definition) is 1. The second kappa shape index (κ2) is 10.9. The maximum absolute atomic E-state index is 13.6. The fourth-order valence-corrected chi connectivity index (χ4v) is 6.29. The molecule has 3 heterocycles. The first-order valence-corrected chi connectivity index (χ1v) is 14.5. The number of aliphatic hydroxyl groups excluding tert-OH is 1. The van der Waals surface area contributed by atoms with Crippen molar-refractivity contribution in [3.05, 3.63) is 82.9 Å². The maximum atomic E-state index is 13.6. The number of carbonyl (C=O) groups is 2. The van der Waals surface area contributed by atoms with Gasteiger partial charge in [-0.05, 0) is 73.0 Å². The van der Waals surface area contributed by atoms with Gasteiger partial charge in [-0.15, -0.1) is 0 Å². The van der Waals surface area contributed by atoms with E-state index in [2.05, 4.69) is 6.92 Å². The first kappa shape index (κ1) is 26.8. The molecule has 2 aliphatic rings. The van der Waals surface area contributed by atoms with Gasteiger partial charge in [0.25, 0.3) is 5.78 Å². The Morgan fingerprint density at radius 1 is 1.10 bits per heavy atom. The number of nitrogens with zero attached hydrogens (tertiary/aromatic N) is 2. The summed E-state index contributed by atoms with van der Waals surface area (Å²) in [7, 11) is 1.59. The summed E-state index contributed by atoms with van der Waals surface area (Å²) in [5, 5.41) is 11.9. The van der Waals surface area contributed by atoms with Crippen LogP contribution in [0.5, 0.6) is 17.2 Å². The summed E-state index contributed by atoms with van der Waals surface area (Å²) >= 11 is 1.29. The Balaban J connectivity index is 1.47. The molecule has 210 valence electrons. The predicted octanol–water partition coefficient (Wildman–Crippen LogP) is 6.43. The summed E-state index contributed by atoms with van der Waals surface area (Å²) < 4.78 is 17.8. The standard InChI is InChI=1S/C32H30N2O6S/c1-4-5-14-39-22-9-6-19(7-10-22)28-27(29(35)20-8-13-25-21(16-20)15-18(2)40-25)30(36)31(37)34(28)32-33-24-12-11-23(38-3)17-26(24)41-32/h6-13,16-18,28,35H,4-5,14-15H2,1-3H3/b29-27+. The number of fused-ring (bicyclic) bond motifs is 2. The summed E-state index contributed by atoms with van der Waals surface area (Å²) in [4.78, 5) is 33.3. The monoisotopic (exact) mass is 570 g/mol. The van der Waals surface area contributed by atoms with Crippen molar-refractivity contribution in [1.29, 1.82) is 0 Å². The lowest BCUT2D eigenvalue weighted by molar-refractivity contribution is -0.132. The van der Waals surface area contributed by atoms with Gasteiger partial charge in [0.15, 0.2) is 5.13 Å². The topological polar surface area (TPSA) is 98.2 Å². The molecule has 0 radical (unpaired) electrons. The van der Waals surface area contributed by atoms with E-state index in [1.165, 1.54) is 16.2 Å². The van der Waals surface area contributed by atoms with Gasteiger partial charge in [0.1, 0.15) is 29.1 Å². The zero-order valence-corrected chi connectivity index (χ0v) is 23.9. The van der Waals surface area contributed by atoms with E-state index in [1.807, 2.05) is 49.4 Å². The van der Waals surface area contributed by atoms with Crippen molar-refractivity contribution < 1.29 is 28.9 Å². The third-order valence-corrected chi connectivity index (χ3v) is 8.38. The van der Waals surface area contributed by atoms with Crippen LogP contribution in [0.1, 0.15) is 49.4 Å². The summed E-state index contributed by atoms with van der Waals surface area (Å²) in [6.07, 6.45) is 2.69. The van der Waals surface area contributed by atoms with Crippen LogP contribution in [0, 0.1) is 0 Å². The second-order valence-corrected chi connectivity index (χ2v) is 11.2. The molecule has 0 spiro atoms. The number of ketones is 1. The number of aliphatic hydroxyl groups is 1. The largest absolute Gasteiger partial charge is 0.507 e. The second-order valence-electron chi connectivity index (χ2n) is 10.2. The molecule has 2 atom stereocenters. The highest BCUT2D eigenvalue weighted by molar-refractivity contribution is 7.22. The Bertz CT molecular complexity index is 1680. The van der Waals surface area contributed by atoms with E-state index in [4.69, 9.17) is 19.2 Å². The molecule has 1 N–H and O–H groups in total. The van der Waals surface area contributed by atoms with Crippen LogP contribution in [0.25, 0.3) is 16.0 Å². The van der Waals surface area contributed by atoms with Gasteiger partial charge >= 0.3 is 5.91 Å². The number of methoxy groups -OCH3 is 1. The number of unbranched alkanes of at least 4 members (excludes halogenated alkanes) is 1. The molecule has 0 saturated carbocycles. The van der Waals surface area contributed by atoms with Crippen molar-refractivity contribution in [1.82, 2.24) is 4.98 Å². The molecule has 2 aliphatic heterocycles. The molecule has 0 bridgehead atoms. The zero-order chi connectivity index (χ0) is 28.7. The highest BCUT2D eigenvalue weighted by Gasteiger charge is 2.48. The van der Waals surface area contributed by atoms with Crippen LogP contribution in [0.4, 0.5) is 5.13 Å². The average molecular weight is 571 g/mol. The van der Waals surface area contributed by atoms with Crippen LogP contribution in [-0.4, -0.2) is 41.6 Å². The van der Waals surface area contributed by atoms with Crippen LogP contribution in [-0.2, 0) is 16.0 Å². The molecule has 1 fully saturated rings. The fraction of sp³-hybridized carbons (Fsp3) is 0.281. The van der Waals surface area contributed by atoms with Crippen LogP contribution >= 0.6 is 11.3 Å². The van der Waals surface area contributed by atoms with E-state index in [-0.39, 0.29) is 17.4 Å². The maximum Gasteiger partial charge on any atom is 0.301 e. The third-order valence-electron chi connectivity index (χ3n) is 7.37. The number of thiazole rings is 1. The molecule has 2 unspecified atom stereocenters. The van der Waals surface area contributed by atoms with Crippen molar-refractivity contribution >= 4 is 44.1 Å². The van der Waals surface area contributed by atoms with E-state index < -0.39 is 17.7 Å². The van der Waals surface area contributed by atoms with Crippen molar-refractivity contribution in [3.8, 4) is 17.2 Å². The quantitative estimate of drug-likeness (QED) is 0.113. The van der Waals surface area contributed by atoms with E-state index in [0.717, 1.165) is 28.9 Å². The van der Waals surface area contributed by atoms with Gasteiger partial charge in [0.05, 0.1) is 35.5 Å². The van der Waals surface area contributed by atoms with E-state index in [9.17, 15) is 14.7 Å². The predicted molar refractivity (Wildman–Crippen MR) is 158 cm³/mol. The minimum atomic E-state index is -0.884. The number of benzene rings is 3. The Morgan fingerprint density at radius 2 is 1.88 bits per heavy atom. The van der Waals surface area contributed by atoms with Gasteiger partial charge in [-0.3, -0.25) is 14.5 Å². The third kappa shape index (κ3) is 4.91. The molecule has 9 heteroatoms. The number of carbonyl (C=O) groups excluding carboxylic acids is 2. The summed E-state index contributed by atoms with van der Waals surface area (Å²) in [6.45, 7) is 4.68. The average Bonchev–Trinajstić information content (AvgIpc) is 3.64. The molecule has 8 nitrogen and oxygen atoms in total. The highest BCUT2D eigenvalue weighted by Crippen LogP contribution is 2.45. The molecule has 6 rings (SSSR count). The fourth-order valence-electron chi connectivity index (χ4n) is 5.27. The molecule has 4 aromatic rings. The number of ether oxygens (including phenoxy) is 3. The number of hydrogen-bond acceptors (Lipinski definition) is 8. The molecular formula is C32H30N2O6S. The van der Waals surface area contributed by atoms with Crippen molar-refractivity contribution in [2.75, 3.05) is 18.6 Å². The Morgan fingerprint density at radius 3 is 2.63 bits per heavy atom. The van der Waals surface area contributed by atoms with Crippen molar-refractivity contribution in [2.45, 2.75) is 45.3 Å². The Kier molecular flexibility index (Phi) is 7.13. The van der Waals surface area contributed by atoms with Gasteiger partial charge in [-0.1, -0.05) is 36.8 Å². The molecule has 1 aromatic heterocycles. The SMILES string of the molecule is CCCCOc1ccc(C2/C(=C(\O)c3ccc4c(c3)CC(C)O4)C(=O)C(=O)N2c2nc3ccc(OC)cc3s2)cc1. The van der Waals surface area contributed by atoms with E-state index >= 15 is 0 Å². The molecule has 41 heavy (non-hydrogen) atoms. The number of rotatable bonds is 8. The summed E-state index contributed by atoms with van der Waals surface area (Å²) in [5.74, 6) is 0.374. The molecule has 1 amide bonds. The molecular weight excluding hydrogens is 540 g/mol. The molecule has 3 aromatic carbocycles. The minimum Gasteiger partial charge on any atom is -0.507 e. The number of Topliss-reactive ketones (excluding diaryl/α,β-unsaturated/α-hetero) is 1. The van der Waals surface area contributed by atoms with E-state index in [0.29, 0.717) is 46.3 Å². The first-order chi connectivity index (χ1) is 19.9. The van der Waals surface area contributed by atoms with Crippen molar-refractivity contribution in [2.24, 2.45) is 0 Å². The van der Waals surface area contributed by atoms with Crippen LogP contribution in [0.15, 0.2) is 66.2 Å². The highest BCUT2D eigenvalue weighted by atomic mass is 32.1. The van der Waals surface area contributed by atoms with Crippen LogP contribution in [0.2, 0.25) is 0 Å². The number of anilines is 1. The van der Waals surface area contributed by atoms with Gasteiger partial charge in [0, 0.05) is 12.0 Å².